The lowest BCUT2D eigenvalue weighted by Gasteiger charge is -1.99. The Bertz CT molecular complexity index is 776. The van der Waals surface area contributed by atoms with Crippen LogP contribution in [-0.4, -0.2) is 16.4 Å². The Balaban J connectivity index is 1.92. The van der Waals surface area contributed by atoms with E-state index < -0.39 is 0 Å². The van der Waals surface area contributed by atoms with Crippen molar-refractivity contribution < 1.29 is 9.32 Å². The SMILES string of the molecule is CCCc1ccc(-c2nc(-c3ccccc3C=O)no2)cc1. The summed E-state index contributed by atoms with van der Waals surface area (Å²) in [5, 5.41) is 3.99. The van der Waals surface area contributed by atoms with E-state index in [2.05, 4.69) is 29.2 Å². The van der Waals surface area contributed by atoms with Crippen LogP contribution in [0.3, 0.4) is 0 Å². The first-order chi connectivity index (χ1) is 10.8. The van der Waals surface area contributed by atoms with Gasteiger partial charge in [0, 0.05) is 16.7 Å². The molecule has 0 radical (unpaired) electrons. The van der Waals surface area contributed by atoms with Crippen molar-refractivity contribution in [2.45, 2.75) is 19.8 Å². The van der Waals surface area contributed by atoms with Gasteiger partial charge in [-0.05, 0) is 24.1 Å². The Morgan fingerprint density at radius 2 is 1.86 bits per heavy atom. The van der Waals surface area contributed by atoms with E-state index in [0.29, 0.717) is 22.8 Å². The van der Waals surface area contributed by atoms with Gasteiger partial charge in [-0.3, -0.25) is 4.79 Å². The first-order valence-corrected chi connectivity index (χ1v) is 7.29. The average Bonchev–Trinajstić information content (AvgIpc) is 3.05. The van der Waals surface area contributed by atoms with Crippen LogP contribution in [0.1, 0.15) is 29.3 Å². The fraction of sp³-hybridized carbons (Fsp3) is 0.167. The average molecular weight is 292 g/mol. The van der Waals surface area contributed by atoms with Crippen LogP contribution in [0.2, 0.25) is 0 Å². The third-order valence-electron chi connectivity index (χ3n) is 3.49. The van der Waals surface area contributed by atoms with Crippen LogP contribution < -0.4 is 0 Å². The molecule has 0 aliphatic carbocycles. The van der Waals surface area contributed by atoms with Crippen LogP contribution in [0.4, 0.5) is 0 Å². The van der Waals surface area contributed by atoms with Crippen LogP contribution >= 0.6 is 0 Å². The van der Waals surface area contributed by atoms with Crippen molar-refractivity contribution in [3.63, 3.8) is 0 Å². The minimum absolute atomic E-state index is 0.426. The molecule has 4 nitrogen and oxygen atoms in total. The minimum Gasteiger partial charge on any atom is -0.334 e. The van der Waals surface area contributed by atoms with E-state index in [1.165, 1.54) is 5.56 Å². The zero-order valence-electron chi connectivity index (χ0n) is 12.3. The highest BCUT2D eigenvalue weighted by Crippen LogP contribution is 2.24. The summed E-state index contributed by atoms with van der Waals surface area (Å²) in [6.07, 6.45) is 2.97. The second-order valence-electron chi connectivity index (χ2n) is 5.08. The number of hydrogen-bond donors (Lipinski definition) is 0. The Labute approximate surface area is 128 Å². The van der Waals surface area contributed by atoms with Crippen LogP contribution in [0.15, 0.2) is 53.1 Å². The second-order valence-corrected chi connectivity index (χ2v) is 5.08. The van der Waals surface area contributed by atoms with E-state index in [1.54, 1.807) is 12.1 Å². The number of rotatable bonds is 5. The third kappa shape index (κ3) is 2.81. The molecule has 22 heavy (non-hydrogen) atoms. The zero-order chi connectivity index (χ0) is 15.4. The molecule has 0 spiro atoms. The van der Waals surface area contributed by atoms with E-state index in [1.807, 2.05) is 24.3 Å². The number of nitrogens with zero attached hydrogens (tertiary/aromatic N) is 2. The van der Waals surface area contributed by atoms with Crippen LogP contribution in [-0.2, 0) is 6.42 Å². The van der Waals surface area contributed by atoms with Crippen molar-refractivity contribution in [1.82, 2.24) is 10.1 Å². The van der Waals surface area contributed by atoms with Crippen molar-refractivity contribution in [3.05, 3.63) is 59.7 Å². The summed E-state index contributed by atoms with van der Waals surface area (Å²) in [6.45, 7) is 2.16. The van der Waals surface area contributed by atoms with Gasteiger partial charge in [0.1, 0.15) is 0 Å². The van der Waals surface area contributed by atoms with Gasteiger partial charge in [-0.25, -0.2) is 0 Å². The largest absolute Gasteiger partial charge is 0.334 e. The van der Waals surface area contributed by atoms with Crippen LogP contribution in [0, 0.1) is 0 Å². The second kappa shape index (κ2) is 6.35. The van der Waals surface area contributed by atoms with Gasteiger partial charge in [-0.15, -0.1) is 0 Å². The van der Waals surface area contributed by atoms with Gasteiger partial charge in [0.25, 0.3) is 5.89 Å². The van der Waals surface area contributed by atoms with Gasteiger partial charge in [-0.1, -0.05) is 54.9 Å². The fourth-order valence-electron chi connectivity index (χ4n) is 2.36. The standard InChI is InChI=1S/C18H16N2O2/c1-2-5-13-8-10-14(11-9-13)18-19-17(20-22-18)16-7-4-3-6-15(16)12-21/h3-4,6-12H,2,5H2,1H3. The van der Waals surface area contributed by atoms with Gasteiger partial charge in [0.2, 0.25) is 5.82 Å². The highest BCUT2D eigenvalue weighted by Gasteiger charge is 2.13. The number of benzene rings is 2. The number of aromatic nitrogens is 2. The molecule has 110 valence electrons. The summed E-state index contributed by atoms with van der Waals surface area (Å²) >= 11 is 0. The van der Waals surface area contributed by atoms with Crippen molar-refractivity contribution in [2.75, 3.05) is 0 Å². The number of carbonyl (C=O) groups is 1. The Morgan fingerprint density at radius 1 is 1.09 bits per heavy atom. The summed E-state index contributed by atoms with van der Waals surface area (Å²) in [4.78, 5) is 15.5. The molecule has 1 aromatic heterocycles. The van der Waals surface area contributed by atoms with Gasteiger partial charge in [0.15, 0.2) is 6.29 Å². The highest BCUT2D eigenvalue weighted by molar-refractivity contribution is 5.85. The first kappa shape index (κ1) is 14.2. The lowest BCUT2D eigenvalue weighted by Crippen LogP contribution is -1.88. The molecule has 0 amide bonds. The number of aldehydes is 1. The smallest absolute Gasteiger partial charge is 0.258 e. The molecule has 3 aromatic rings. The van der Waals surface area contributed by atoms with Crippen molar-refractivity contribution in [1.29, 1.82) is 0 Å². The van der Waals surface area contributed by atoms with E-state index in [-0.39, 0.29) is 0 Å². The van der Waals surface area contributed by atoms with Gasteiger partial charge in [0.05, 0.1) is 0 Å². The topological polar surface area (TPSA) is 56.0 Å². The molecule has 3 rings (SSSR count). The van der Waals surface area contributed by atoms with Crippen LogP contribution in [0.5, 0.6) is 0 Å². The lowest BCUT2D eigenvalue weighted by molar-refractivity contribution is 0.112. The summed E-state index contributed by atoms with van der Waals surface area (Å²) in [5.74, 6) is 0.883. The minimum atomic E-state index is 0.426. The molecule has 2 aromatic carbocycles. The van der Waals surface area contributed by atoms with E-state index in [0.717, 1.165) is 24.7 Å². The number of hydrogen-bond acceptors (Lipinski definition) is 4. The normalized spacial score (nSPS) is 10.6. The summed E-state index contributed by atoms with van der Waals surface area (Å²) in [5.41, 5.74) is 3.39. The highest BCUT2D eigenvalue weighted by atomic mass is 16.5. The van der Waals surface area contributed by atoms with Crippen molar-refractivity contribution >= 4 is 6.29 Å². The molecule has 0 saturated carbocycles. The zero-order valence-corrected chi connectivity index (χ0v) is 12.3. The predicted octanol–water partition coefficient (Wildman–Crippen LogP) is 4.17. The molecule has 0 unspecified atom stereocenters. The molecule has 1 heterocycles. The Hall–Kier alpha value is -2.75. The Morgan fingerprint density at radius 3 is 2.59 bits per heavy atom. The first-order valence-electron chi connectivity index (χ1n) is 7.29. The van der Waals surface area contributed by atoms with E-state index in [9.17, 15) is 4.79 Å². The molecule has 0 atom stereocenters. The number of carbonyl (C=O) groups excluding carboxylic acids is 1. The quantitative estimate of drug-likeness (QED) is 0.662. The third-order valence-corrected chi connectivity index (χ3v) is 3.49. The monoisotopic (exact) mass is 292 g/mol. The van der Waals surface area contributed by atoms with Crippen LogP contribution in [0.25, 0.3) is 22.8 Å². The van der Waals surface area contributed by atoms with Gasteiger partial charge < -0.3 is 4.52 Å². The van der Waals surface area contributed by atoms with Gasteiger partial charge >= 0.3 is 0 Å². The molecular formula is C18H16N2O2. The van der Waals surface area contributed by atoms with Gasteiger partial charge in [-0.2, -0.15) is 4.98 Å². The Kier molecular flexibility index (Phi) is 4.10. The maximum absolute atomic E-state index is 11.1. The lowest BCUT2D eigenvalue weighted by atomic mass is 10.1. The number of aryl methyl sites for hydroxylation is 1. The molecule has 0 N–H and O–H groups in total. The predicted molar refractivity (Wildman–Crippen MR) is 84.6 cm³/mol. The summed E-state index contributed by atoms with van der Waals surface area (Å²) in [6, 6.07) is 15.3. The molecule has 0 saturated heterocycles. The van der Waals surface area contributed by atoms with E-state index >= 15 is 0 Å². The molecule has 0 bridgehead atoms. The molecule has 0 aliphatic heterocycles. The molecule has 0 fully saturated rings. The summed E-state index contributed by atoms with van der Waals surface area (Å²) < 4.78 is 5.33. The molecule has 4 heteroatoms. The summed E-state index contributed by atoms with van der Waals surface area (Å²) in [7, 11) is 0. The fourth-order valence-corrected chi connectivity index (χ4v) is 2.36. The van der Waals surface area contributed by atoms with E-state index in [4.69, 9.17) is 4.52 Å². The molecular weight excluding hydrogens is 276 g/mol. The molecule has 0 aliphatic rings. The van der Waals surface area contributed by atoms with Crippen molar-refractivity contribution in [2.24, 2.45) is 0 Å². The van der Waals surface area contributed by atoms with Crippen molar-refractivity contribution in [3.8, 4) is 22.8 Å². The maximum atomic E-state index is 11.1. The maximum Gasteiger partial charge on any atom is 0.258 e.